The Kier molecular flexibility index (Phi) is 7.07. The number of pyridine rings is 1. The van der Waals surface area contributed by atoms with E-state index in [0.717, 1.165) is 5.56 Å². The smallest absolute Gasteiger partial charge is 0.475 e. The van der Waals surface area contributed by atoms with Crippen LogP contribution in [-0.4, -0.2) is 38.3 Å². The van der Waals surface area contributed by atoms with Crippen LogP contribution in [0.3, 0.4) is 0 Å². The zero-order chi connectivity index (χ0) is 22.3. The fourth-order valence-electron chi connectivity index (χ4n) is 2.21. The highest BCUT2D eigenvalue weighted by molar-refractivity contribution is 6.01. The number of nitrogens with one attached hydrogen (secondary N) is 1. The molecule has 3 rings (SSSR count). The molecule has 3 aromatic rings. The number of aliphatic carboxylic acids is 1. The third-order valence-corrected chi connectivity index (χ3v) is 3.64. The van der Waals surface area contributed by atoms with Crippen molar-refractivity contribution < 1.29 is 32.4 Å². The Morgan fingerprint density at radius 2 is 1.80 bits per heavy atom. The molecule has 0 saturated carbocycles. The van der Waals surface area contributed by atoms with E-state index in [1.54, 1.807) is 19.2 Å². The van der Waals surface area contributed by atoms with Crippen molar-refractivity contribution in [2.45, 2.75) is 19.1 Å². The summed E-state index contributed by atoms with van der Waals surface area (Å²) in [5.41, 5.74) is 8.25. The molecular formula is C18H16F3N5O4. The topological polar surface area (TPSA) is 144 Å². The largest absolute Gasteiger partial charge is 0.490 e. The molecule has 0 saturated heterocycles. The number of nitrogens with two attached hydrogens (primary N) is 1. The van der Waals surface area contributed by atoms with Crippen LogP contribution in [0.2, 0.25) is 0 Å². The Hall–Kier alpha value is -3.96. The number of carbonyl (C=O) groups is 2. The molecule has 0 spiro atoms. The first-order valence-corrected chi connectivity index (χ1v) is 8.28. The van der Waals surface area contributed by atoms with Crippen LogP contribution in [0.15, 0.2) is 53.5 Å². The van der Waals surface area contributed by atoms with Crippen LogP contribution in [-0.2, 0) is 4.79 Å². The molecule has 0 aliphatic rings. The molecule has 0 radical (unpaired) electrons. The minimum absolute atomic E-state index is 0.320. The molecule has 0 bridgehead atoms. The van der Waals surface area contributed by atoms with Gasteiger partial charge in [0.25, 0.3) is 5.91 Å². The summed E-state index contributed by atoms with van der Waals surface area (Å²) < 4.78 is 36.4. The monoisotopic (exact) mass is 423 g/mol. The first-order chi connectivity index (χ1) is 14.1. The molecule has 2 aromatic heterocycles. The van der Waals surface area contributed by atoms with Gasteiger partial charge in [-0.15, -0.1) is 0 Å². The van der Waals surface area contributed by atoms with Gasteiger partial charge in [0.2, 0.25) is 6.39 Å². The predicted octanol–water partition coefficient (Wildman–Crippen LogP) is 2.84. The van der Waals surface area contributed by atoms with Crippen LogP contribution >= 0.6 is 0 Å². The van der Waals surface area contributed by atoms with E-state index in [0.29, 0.717) is 22.8 Å². The molecular weight excluding hydrogens is 407 g/mol. The van der Waals surface area contributed by atoms with Crippen LogP contribution in [0.25, 0.3) is 11.3 Å². The number of carbonyl (C=O) groups excluding carboxylic acids is 1. The fourth-order valence-corrected chi connectivity index (χ4v) is 2.21. The molecule has 2 heterocycles. The van der Waals surface area contributed by atoms with E-state index >= 15 is 0 Å². The van der Waals surface area contributed by atoms with Gasteiger partial charge in [0.1, 0.15) is 0 Å². The SMILES string of the molecule is CC(NC(=O)c1ccnc(-c2ccccc2)c1N)c1ncon1.O=C(O)C(F)(F)F. The number of nitrogens with zero attached hydrogens (tertiary/aromatic N) is 3. The van der Waals surface area contributed by atoms with Crippen LogP contribution in [0.1, 0.15) is 29.1 Å². The Balaban J connectivity index is 0.000000396. The quantitative estimate of drug-likeness (QED) is 0.581. The lowest BCUT2D eigenvalue weighted by atomic mass is 10.1. The number of hydrogen-bond donors (Lipinski definition) is 3. The molecule has 4 N–H and O–H groups in total. The van der Waals surface area contributed by atoms with Gasteiger partial charge in [-0.05, 0) is 13.0 Å². The van der Waals surface area contributed by atoms with Gasteiger partial charge < -0.3 is 20.7 Å². The lowest BCUT2D eigenvalue weighted by molar-refractivity contribution is -0.192. The van der Waals surface area contributed by atoms with E-state index in [1.807, 2.05) is 30.3 Å². The van der Waals surface area contributed by atoms with Crippen molar-refractivity contribution in [3.63, 3.8) is 0 Å². The second-order valence-electron chi connectivity index (χ2n) is 5.77. The van der Waals surface area contributed by atoms with Crippen LogP contribution in [0.5, 0.6) is 0 Å². The van der Waals surface area contributed by atoms with Crippen molar-refractivity contribution >= 4 is 17.6 Å². The van der Waals surface area contributed by atoms with E-state index in [-0.39, 0.29) is 5.91 Å². The molecule has 1 unspecified atom stereocenters. The molecule has 12 heteroatoms. The molecule has 1 atom stereocenters. The van der Waals surface area contributed by atoms with E-state index < -0.39 is 18.2 Å². The molecule has 158 valence electrons. The molecule has 1 aromatic carbocycles. The third-order valence-electron chi connectivity index (χ3n) is 3.64. The molecule has 0 fully saturated rings. The van der Waals surface area contributed by atoms with Crippen molar-refractivity contribution in [3.05, 3.63) is 60.4 Å². The van der Waals surface area contributed by atoms with Gasteiger partial charge in [0.05, 0.1) is 23.0 Å². The number of alkyl halides is 3. The first kappa shape index (κ1) is 22.3. The van der Waals surface area contributed by atoms with Crippen LogP contribution in [0.4, 0.5) is 18.9 Å². The van der Waals surface area contributed by atoms with Gasteiger partial charge in [-0.3, -0.25) is 9.78 Å². The molecule has 0 aliphatic carbocycles. The predicted molar refractivity (Wildman–Crippen MR) is 98.0 cm³/mol. The maximum absolute atomic E-state index is 12.4. The van der Waals surface area contributed by atoms with E-state index in [9.17, 15) is 18.0 Å². The normalized spacial score (nSPS) is 11.7. The molecule has 1 amide bonds. The van der Waals surface area contributed by atoms with Crippen molar-refractivity contribution in [1.29, 1.82) is 0 Å². The molecule has 9 nitrogen and oxygen atoms in total. The van der Waals surface area contributed by atoms with Gasteiger partial charge in [-0.25, -0.2) is 4.79 Å². The lowest BCUT2D eigenvalue weighted by Gasteiger charge is -2.13. The van der Waals surface area contributed by atoms with Gasteiger partial charge in [0.15, 0.2) is 5.82 Å². The van der Waals surface area contributed by atoms with Gasteiger partial charge in [-0.2, -0.15) is 18.2 Å². The number of halogens is 3. The third kappa shape index (κ3) is 5.77. The van der Waals surface area contributed by atoms with E-state index in [4.69, 9.17) is 15.6 Å². The van der Waals surface area contributed by atoms with Gasteiger partial charge in [-0.1, -0.05) is 35.5 Å². The number of carboxylic acids is 1. The highest BCUT2D eigenvalue weighted by Gasteiger charge is 2.38. The maximum atomic E-state index is 12.4. The standard InChI is InChI=1S/C16H15N5O2.C2HF3O2/c1-10(15-19-9-23-21-15)20-16(22)12-7-8-18-14(13(12)17)11-5-3-2-4-6-11;3-2(4,5)1(6)7/h2-10H,17H2,1H3,(H,20,22);(H,6,7). The van der Waals surface area contributed by atoms with E-state index in [2.05, 4.69) is 25.0 Å². The summed E-state index contributed by atoms with van der Waals surface area (Å²) in [6.45, 7) is 1.76. The average molecular weight is 423 g/mol. The number of rotatable bonds is 4. The van der Waals surface area contributed by atoms with Crippen molar-refractivity contribution in [3.8, 4) is 11.3 Å². The fraction of sp³-hybridized carbons (Fsp3) is 0.167. The lowest BCUT2D eigenvalue weighted by Crippen LogP contribution is -2.28. The minimum atomic E-state index is -5.08. The Bertz CT molecular complexity index is 995. The minimum Gasteiger partial charge on any atom is -0.475 e. The number of hydrogen-bond acceptors (Lipinski definition) is 7. The zero-order valence-corrected chi connectivity index (χ0v) is 15.4. The highest BCUT2D eigenvalue weighted by Crippen LogP contribution is 2.26. The van der Waals surface area contributed by atoms with Crippen molar-refractivity contribution in [2.75, 3.05) is 5.73 Å². The number of nitrogen functional groups attached to an aromatic ring is 1. The summed E-state index contributed by atoms with van der Waals surface area (Å²) in [6, 6.07) is 10.7. The van der Waals surface area contributed by atoms with Crippen molar-refractivity contribution in [2.24, 2.45) is 0 Å². The maximum Gasteiger partial charge on any atom is 0.490 e. The average Bonchev–Trinajstić information content (AvgIpc) is 3.23. The summed E-state index contributed by atoms with van der Waals surface area (Å²) >= 11 is 0. The number of anilines is 1. The summed E-state index contributed by atoms with van der Waals surface area (Å²) in [5, 5.41) is 13.6. The molecule has 0 aliphatic heterocycles. The Labute approximate surface area is 167 Å². The summed E-state index contributed by atoms with van der Waals surface area (Å²) in [7, 11) is 0. The van der Waals surface area contributed by atoms with Crippen LogP contribution in [0, 0.1) is 0 Å². The molecule has 30 heavy (non-hydrogen) atoms. The van der Waals surface area contributed by atoms with Gasteiger partial charge >= 0.3 is 12.1 Å². The van der Waals surface area contributed by atoms with Gasteiger partial charge in [0, 0.05) is 11.8 Å². The summed E-state index contributed by atoms with van der Waals surface area (Å²) in [4.78, 5) is 29.5. The number of amides is 1. The Morgan fingerprint density at radius 1 is 1.17 bits per heavy atom. The summed E-state index contributed by atoms with van der Waals surface area (Å²) in [6.07, 6.45) is -2.31. The number of aromatic nitrogens is 3. The van der Waals surface area contributed by atoms with Crippen LogP contribution < -0.4 is 11.1 Å². The van der Waals surface area contributed by atoms with E-state index in [1.165, 1.54) is 6.39 Å². The highest BCUT2D eigenvalue weighted by atomic mass is 19.4. The second-order valence-corrected chi connectivity index (χ2v) is 5.77. The number of benzene rings is 1. The number of carboxylic acid groups (broad SMARTS) is 1. The second kappa shape index (κ2) is 9.49. The first-order valence-electron chi connectivity index (χ1n) is 8.28. The Morgan fingerprint density at radius 3 is 2.33 bits per heavy atom. The van der Waals surface area contributed by atoms with Crippen molar-refractivity contribution in [1.82, 2.24) is 20.4 Å². The summed E-state index contributed by atoms with van der Waals surface area (Å²) in [5.74, 6) is -2.68. The zero-order valence-electron chi connectivity index (χ0n) is 15.4.